The zero-order chi connectivity index (χ0) is 22.0. The molecule has 1 saturated heterocycles. The van der Waals surface area contributed by atoms with Crippen LogP contribution < -0.4 is 9.47 Å². The third kappa shape index (κ3) is 3.91. The number of aliphatic hydroxyl groups is 1. The Bertz CT molecular complexity index is 991. The Morgan fingerprint density at radius 1 is 1.17 bits per heavy atom. The van der Waals surface area contributed by atoms with E-state index in [-0.39, 0.29) is 16.9 Å². The molecule has 3 rings (SSSR count). The van der Waals surface area contributed by atoms with Crippen molar-refractivity contribution in [1.82, 2.24) is 9.80 Å². The number of furan rings is 1. The summed E-state index contributed by atoms with van der Waals surface area (Å²) in [5.41, 5.74) is 0.218. The first-order valence-electron chi connectivity index (χ1n) is 9.50. The fourth-order valence-electron chi connectivity index (χ4n) is 3.46. The highest BCUT2D eigenvalue weighted by atomic mass is 16.5. The van der Waals surface area contributed by atoms with E-state index in [9.17, 15) is 14.7 Å². The van der Waals surface area contributed by atoms with Gasteiger partial charge in [-0.15, -0.1) is 0 Å². The summed E-state index contributed by atoms with van der Waals surface area (Å²) in [7, 11) is 6.71. The van der Waals surface area contributed by atoms with Gasteiger partial charge in [-0.3, -0.25) is 9.59 Å². The summed E-state index contributed by atoms with van der Waals surface area (Å²) >= 11 is 0. The molecule has 1 unspecified atom stereocenters. The summed E-state index contributed by atoms with van der Waals surface area (Å²) in [6, 6.07) is 7.50. The molecule has 160 valence electrons. The minimum atomic E-state index is -0.838. The molecule has 2 aromatic rings. The van der Waals surface area contributed by atoms with Gasteiger partial charge >= 0.3 is 0 Å². The SMILES string of the molecule is COc1ccc(OC)c(/C(O)=C2\C(=O)C(=O)N(CCN(C)C)C2c2ccc(C)o2)c1. The lowest BCUT2D eigenvalue weighted by Gasteiger charge is -2.24. The number of nitrogens with zero attached hydrogens (tertiary/aromatic N) is 2. The molecule has 1 atom stereocenters. The Kier molecular flexibility index (Phi) is 6.17. The second-order valence-electron chi connectivity index (χ2n) is 7.31. The first-order chi connectivity index (χ1) is 14.3. The van der Waals surface area contributed by atoms with Crippen molar-refractivity contribution in [3.8, 4) is 11.5 Å². The molecule has 1 N–H and O–H groups in total. The lowest BCUT2D eigenvalue weighted by Crippen LogP contribution is -2.35. The van der Waals surface area contributed by atoms with Gasteiger partial charge in [0, 0.05) is 13.1 Å². The normalized spacial score (nSPS) is 18.3. The molecule has 0 aliphatic carbocycles. The minimum Gasteiger partial charge on any atom is -0.507 e. The van der Waals surface area contributed by atoms with Crippen molar-refractivity contribution in [3.63, 3.8) is 0 Å². The Morgan fingerprint density at radius 2 is 1.90 bits per heavy atom. The number of carbonyl (C=O) groups excluding carboxylic acids is 2. The topological polar surface area (TPSA) is 92.4 Å². The number of hydrogen-bond acceptors (Lipinski definition) is 7. The number of ketones is 1. The van der Waals surface area contributed by atoms with E-state index in [2.05, 4.69) is 0 Å². The van der Waals surface area contributed by atoms with Crippen LogP contribution in [0.4, 0.5) is 0 Å². The second-order valence-corrected chi connectivity index (χ2v) is 7.31. The first kappa shape index (κ1) is 21.4. The number of hydrogen-bond donors (Lipinski definition) is 1. The summed E-state index contributed by atoms with van der Waals surface area (Å²) in [6.45, 7) is 2.63. The Labute approximate surface area is 175 Å². The Hall–Kier alpha value is -3.26. The van der Waals surface area contributed by atoms with Gasteiger partial charge in [0.15, 0.2) is 0 Å². The van der Waals surface area contributed by atoms with Gasteiger partial charge in [-0.2, -0.15) is 0 Å². The van der Waals surface area contributed by atoms with Crippen molar-refractivity contribution < 1.29 is 28.6 Å². The third-order valence-electron chi connectivity index (χ3n) is 5.02. The van der Waals surface area contributed by atoms with Gasteiger partial charge in [-0.25, -0.2) is 0 Å². The number of likely N-dealkylation sites (tertiary alicyclic amines) is 1. The highest BCUT2D eigenvalue weighted by Crippen LogP contribution is 2.41. The standard InChI is InChI=1S/C22H26N2O6/c1-13-6-8-17(30-13)19-18(21(26)22(27)24(19)11-10-23(2)3)20(25)15-12-14(28-4)7-9-16(15)29-5/h6-9,12,19,25H,10-11H2,1-5H3/b20-18+. The molecular weight excluding hydrogens is 388 g/mol. The molecule has 0 radical (unpaired) electrons. The summed E-state index contributed by atoms with van der Waals surface area (Å²) in [5.74, 6) is 0.0905. The van der Waals surface area contributed by atoms with Crippen LogP contribution in [0.25, 0.3) is 5.76 Å². The van der Waals surface area contributed by atoms with Crippen LogP contribution in [0.5, 0.6) is 11.5 Å². The number of likely N-dealkylation sites (N-methyl/N-ethyl adjacent to an activating group) is 1. The van der Waals surface area contributed by atoms with Crippen molar-refractivity contribution in [3.05, 3.63) is 53.0 Å². The molecule has 1 fully saturated rings. The largest absolute Gasteiger partial charge is 0.507 e. The van der Waals surface area contributed by atoms with E-state index in [4.69, 9.17) is 13.9 Å². The number of ether oxygens (including phenoxy) is 2. The van der Waals surface area contributed by atoms with Crippen LogP contribution in [0, 0.1) is 6.92 Å². The van der Waals surface area contributed by atoms with E-state index in [1.807, 2.05) is 19.0 Å². The number of methoxy groups -OCH3 is 2. The van der Waals surface area contributed by atoms with Crippen LogP contribution in [0.2, 0.25) is 0 Å². The van der Waals surface area contributed by atoms with E-state index in [1.54, 1.807) is 37.3 Å². The molecule has 2 heterocycles. The Morgan fingerprint density at radius 3 is 2.47 bits per heavy atom. The lowest BCUT2D eigenvalue weighted by molar-refractivity contribution is -0.140. The summed E-state index contributed by atoms with van der Waals surface area (Å²) in [4.78, 5) is 29.2. The molecule has 1 amide bonds. The maximum absolute atomic E-state index is 13.0. The number of rotatable bonds is 7. The first-order valence-corrected chi connectivity index (χ1v) is 9.50. The number of amides is 1. The molecule has 30 heavy (non-hydrogen) atoms. The summed E-state index contributed by atoms with van der Waals surface area (Å²) in [6.07, 6.45) is 0. The quantitative estimate of drug-likeness (QED) is 0.423. The molecular formula is C22H26N2O6. The molecule has 0 bridgehead atoms. The fourth-order valence-corrected chi connectivity index (χ4v) is 3.46. The number of carbonyl (C=O) groups is 2. The average molecular weight is 414 g/mol. The predicted octanol–water partition coefficient (Wildman–Crippen LogP) is 2.59. The van der Waals surface area contributed by atoms with Gasteiger partial charge in [0.25, 0.3) is 11.7 Å². The van der Waals surface area contributed by atoms with Crippen LogP contribution in [-0.4, -0.2) is 68.0 Å². The lowest BCUT2D eigenvalue weighted by atomic mass is 9.98. The van der Waals surface area contributed by atoms with Crippen molar-refractivity contribution in [2.75, 3.05) is 41.4 Å². The minimum absolute atomic E-state index is 0.0420. The van der Waals surface area contributed by atoms with Gasteiger partial charge in [0.1, 0.15) is 34.8 Å². The summed E-state index contributed by atoms with van der Waals surface area (Å²) < 4.78 is 16.3. The van der Waals surface area contributed by atoms with Crippen molar-refractivity contribution >= 4 is 17.4 Å². The van der Waals surface area contributed by atoms with Gasteiger partial charge in [0.2, 0.25) is 0 Å². The fraction of sp³-hybridized carbons (Fsp3) is 0.364. The molecule has 1 aromatic heterocycles. The Balaban J connectivity index is 2.19. The molecule has 8 heteroatoms. The number of Topliss-reactive ketones (excluding diaryl/α,β-unsaturated/α-hetero) is 1. The number of benzene rings is 1. The zero-order valence-corrected chi connectivity index (χ0v) is 17.8. The highest BCUT2D eigenvalue weighted by Gasteiger charge is 2.47. The van der Waals surface area contributed by atoms with E-state index < -0.39 is 17.7 Å². The van der Waals surface area contributed by atoms with Crippen LogP contribution in [0.1, 0.15) is 23.1 Å². The van der Waals surface area contributed by atoms with Crippen molar-refractivity contribution in [2.24, 2.45) is 0 Å². The predicted molar refractivity (Wildman–Crippen MR) is 111 cm³/mol. The van der Waals surface area contributed by atoms with Gasteiger partial charge in [-0.05, 0) is 51.4 Å². The number of aryl methyl sites for hydroxylation is 1. The molecule has 0 spiro atoms. The van der Waals surface area contributed by atoms with Gasteiger partial charge < -0.3 is 28.8 Å². The van der Waals surface area contributed by atoms with Crippen LogP contribution >= 0.6 is 0 Å². The maximum atomic E-state index is 13.0. The second kappa shape index (κ2) is 8.62. The van der Waals surface area contributed by atoms with Crippen molar-refractivity contribution in [1.29, 1.82) is 0 Å². The zero-order valence-electron chi connectivity index (χ0n) is 17.8. The van der Waals surface area contributed by atoms with Crippen LogP contribution in [0.3, 0.4) is 0 Å². The number of aliphatic hydroxyl groups excluding tert-OH is 1. The van der Waals surface area contributed by atoms with E-state index in [1.165, 1.54) is 19.1 Å². The van der Waals surface area contributed by atoms with E-state index in [0.29, 0.717) is 36.1 Å². The molecule has 1 aliphatic rings. The van der Waals surface area contributed by atoms with Gasteiger partial charge in [-0.1, -0.05) is 0 Å². The third-order valence-corrected chi connectivity index (χ3v) is 5.02. The van der Waals surface area contributed by atoms with Crippen LogP contribution in [0.15, 0.2) is 40.3 Å². The van der Waals surface area contributed by atoms with Gasteiger partial charge in [0.05, 0.1) is 25.4 Å². The monoisotopic (exact) mass is 414 g/mol. The highest BCUT2D eigenvalue weighted by molar-refractivity contribution is 6.46. The molecule has 8 nitrogen and oxygen atoms in total. The van der Waals surface area contributed by atoms with E-state index in [0.717, 1.165) is 0 Å². The van der Waals surface area contributed by atoms with E-state index >= 15 is 0 Å². The molecule has 1 aliphatic heterocycles. The molecule has 1 aromatic carbocycles. The van der Waals surface area contributed by atoms with Crippen LogP contribution in [-0.2, 0) is 9.59 Å². The smallest absolute Gasteiger partial charge is 0.295 e. The average Bonchev–Trinajstić information content (AvgIpc) is 3.26. The summed E-state index contributed by atoms with van der Waals surface area (Å²) in [5, 5.41) is 11.2. The maximum Gasteiger partial charge on any atom is 0.295 e. The molecule has 0 saturated carbocycles. The van der Waals surface area contributed by atoms with Crippen molar-refractivity contribution in [2.45, 2.75) is 13.0 Å².